The van der Waals surface area contributed by atoms with E-state index in [1.807, 2.05) is 0 Å². The molecule has 10 heteroatoms. The number of rotatable bonds is 9. The van der Waals surface area contributed by atoms with Crippen LogP contribution in [0, 0.1) is 0 Å². The predicted octanol–water partition coefficient (Wildman–Crippen LogP) is 0.585. The van der Waals surface area contributed by atoms with E-state index in [1.165, 1.54) is 11.8 Å². The summed E-state index contributed by atoms with van der Waals surface area (Å²) in [5, 5.41) is 14.5. The molecule has 1 heterocycles. The highest BCUT2D eigenvalue weighted by molar-refractivity contribution is 7.99. The molecule has 2 amide bonds. The molecule has 128 valence electrons. The van der Waals surface area contributed by atoms with Gasteiger partial charge >= 0.3 is 0 Å². The van der Waals surface area contributed by atoms with E-state index in [0.717, 1.165) is 0 Å². The second-order valence-electron chi connectivity index (χ2n) is 4.82. The number of hydrogen-bond donors (Lipinski definition) is 2. The first-order valence-electron chi connectivity index (χ1n) is 7.21. The second-order valence-corrected chi connectivity index (χ2v) is 5.88. The third-order valence-corrected chi connectivity index (χ3v) is 3.91. The molecule has 0 radical (unpaired) electrons. The molecule has 0 aliphatic heterocycles. The number of nitrogens with two attached hydrogens (primary N) is 1. The van der Waals surface area contributed by atoms with Crippen molar-refractivity contribution in [2.75, 3.05) is 17.7 Å². The van der Waals surface area contributed by atoms with Gasteiger partial charge in [-0.2, -0.15) is 0 Å². The van der Waals surface area contributed by atoms with Crippen LogP contribution in [0.25, 0.3) is 0 Å². The Labute approximate surface area is 142 Å². The van der Waals surface area contributed by atoms with Crippen molar-refractivity contribution in [2.24, 2.45) is 12.8 Å². The zero-order chi connectivity index (χ0) is 17.4. The summed E-state index contributed by atoms with van der Waals surface area (Å²) < 4.78 is 6.91. The summed E-state index contributed by atoms with van der Waals surface area (Å²) in [6.45, 7) is 0.231. The van der Waals surface area contributed by atoms with E-state index < -0.39 is 5.91 Å². The Balaban J connectivity index is 1.71. The van der Waals surface area contributed by atoms with Crippen LogP contribution in [0.2, 0.25) is 0 Å². The SMILES string of the molecule is Cn1nnnc1SCCC(=O)Nc1ccc(OCCC(N)=O)cc1. The lowest BCUT2D eigenvalue weighted by Gasteiger charge is -2.07. The molecular weight excluding hydrogens is 332 g/mol. The molecule has 0 atom stereocenters. The van der Waals surface area contributed by atoms with Crippen molar-refractivity contribution in [3.8, 4) is 5.75 Å². The van der Waals surface area contributed by atoms with Gasteiger partial charge in [0.2, 0.25) is 17.0 Å². The van der Waals surface area contributed by atoms with Gasteiger partial charge in [-0.05, 0) is 34.7 Å². The van der Waals surface area contributed by atoms with E-state index in [0.29, 0.717) is 28.8 Å². The van der Waals surface area contributed by atoms with Gasteiger partial charge in [-0.1, -0.05) is 11.8 Å². The first-order valence-corrected chi connectivity index (χ1v) is 8.19. The number of nitrogens with zero attached hydrogens (tertiary/aromatic N) is 4. The van der Waals surface area contributed by atoms with E-state index in [4.69, 9.17) is 10.5 Å². The van der Waals surface area contributed by atoms with Crippen molar-refractivity contribution >= 4 is 29.3 Å². The fourth-order valence-electron chi connectivity index (χ4n) is 1.71. The number of primary amides is 1. The van der Waals surface area contributed by atoms with Crippen LogP contribution in [-0.4, -0.2) is 44.4 Å². The molecule has 0 saturated carbocycles. The highest BCUT2D eigenvalue weighted by Gasteiger charge is 2.07. The van der Waals surface area contributed by atoms with Crippen LogP contribution in [0.4, 0.5) is 5.69 Å². The highest BCUT2D eigenvalue weighted by atomic mass is 32.2. The second kappa shape index (κ2) is 8.87. The largest absolute Gasteiger partial charge is 0.493 e. The summed E-state index contributed by atoms with van der Waals surface area (Å²) in [6, 6.07) is 6.90. The van der Waals surface area contributed by atoms with Crippen molar-refractivity contribution in [2.45, 2.75) is 18.0 Å². The zero-order valence-corrected chi connectivity index (χ0v) is 14.0. The van der Waals surface area contributed by atoms with Gasteiger partial charge in [-0.15, -0.1) is 5.10 Å². The van der Waals surface area contributed by atoms with Crippen LogP contribution in [0.1, 0.15) is 12.8 Å². The van der Waals surface area contributed by atoms with Crippen LogP contribution in [0.3, 0.4) is 0 Å². The molecule has 0 aliphatic carbocycles. The molecule has 0 saturated heterocycles. The third kappa shape index (κ3) is 5.88. The lowest BCUT2D eigenvalue weighted by Crippen LogP contribution is -2.14. The van der Waals surface area contributed by atoms with Crippen LogP contribution < -0.4 is 15.8 Å². The first-order chi connectivity index (χ1) is 11.5. The number of aryl methyl sites for hydroxylation is 1. The average Bonchev–Trinajstić information content (AvgIpc) is 2.94. The fourth-order valence-corrected chi connectivity index (χ4v) is 2.49. The Morgan fingerprint density at radius 1 is 1.29 bits per heavy atom. The molecular formula is C14H18N6O3S. The molecule has 1 aromatic heterocycles. The maximum absolute atomic E-state index is 11.9. The molecule has 0 unspecified atom stereocenters. The number of benzene rings is 1. The van der Waals surface area contributed by atoms with Crippen LogP contribution in [-0.2, 0) is 16.6 Å². The Bertz CT molecular complexity index is 688. The van der Waals surface area contributed by atoms with Crippen LogP contribution in [0.15, 0.2) is 29.4 Å². The van der Waals surface area contributed by atoms with Crippen LogP contribution >= 0.6 is 11.8 Å². The zero-order valence-electron chi connectivity index (χ0n) is 13.1. The molecule has 1 aromatic carbocycles. The van der Waals surface area contributed by atoms with E-state index in [1.54, 1.807) is 36.0 Å². The minimum absolute atomic E-state index is 0.0972. The van der Waals surface area contributed by atoms with E-state index in [2.05, 4.69) is 20.8 Å². The Kier molecular flexibility index (Phi) is 6.55. The van der Waals surface area contributed by atoms with Gasteiger partial charge in [0, 0.05) is 24.9 Å². The number of hydrogen-bond acceptors (Lipinski definition) is 7. The lowest BCUT2D eigenvalue weighted by atomic mass is 10.3. The number of anilines is 1. The van der Waals surface area contributed by atoms with Gasteiger partial charge in [0.25, 0.3) is 0 Å². The lowest BCUT2D eigenvalue weighted by molar-refractivity contribution is -0.118. The summed E-state index contributed by atoms with van der Waals surface area (Å²) in [5.41, 5.74) is 5.71. The number of nitrogens with one attached hydrogen (secondary N) is 1. The van der Waals surface area contributed by atoms with Crippen molar-refractivity contribution in [3.05, 3.63) is 24.3 Å². The maximum Gasteiger partial charge on any atom is 0.225 e. The minimum atomic E-state index is -0.408. The predicted molar refractivity (Wildman–Crippen MR) is 88.5 cm³/mol. The third-order valence-electron chi connectivity index (χ3n) is 2.90. The van der Waals surface area contributed by atoms with Crippen molar-refractivity contribution in [1.82, 2.24) is 20.2 Å². The summed E-state index contributed by atoms with van der Waals surface area (Å²) in [5.74, 6) is 0.683. The number of carbonyl (C=O) groups excluding carboxylic acids is 2. The van der Waals surface area contributed by atoms with Crippen molar-refractivity contribution < 1.29 is 14.3 Å². The molecule has 3 N–H and O–H groups in total. The van der Waals surface area contributed by atoms with Gasteiger partial charge in [0.1, 0.15) is 5.75 Å². The highest BCUT2D eigenvalue weighted by Crippen LogP contribution is 2.17. The first kappa shape index (κ1) is 17.7. The normalized spacial score (nSPS) is 10.4. The molecule has 2 rings (SSSR count). The summed E-state index contributed by atoms with van der Waals surface area (Å²) in [6.07, 6.45) is 0.506. The van der Waals surface area contributed by atoms with Crippen molar-refractivity contribution in [1.29, 1.82) is 0 Å². The van der Waals surface area contributed by atoms with E-state index >= 15 is 0 Å². The van der Waals surface area contributed by atoms with Gasteiger partial charge in [0.15, 0.2) is 0 Å². The minimum Gasteiger partial charge on any atom is -0.493 e. The Hall–Kier alpha value is -2.62. The average molecular weight is 350 g/mol. The molecule has 0 fully saturated rings. The quantitative estimate of drug-likeness (QED) is 0.634. The number of tetrazole rings is 1. The Morgan fingerprint density at radius 2 is 2.04 bits per heavy atom. The molecule has 0 bridgehead atoms. The van der Waals surface area contributed by atoms with Gasteiger partial charge in [-0.3, -0.25) is 9.59 Å². The number of carbonyl (C=O) groups is 2. The number of ether oxygens (including phenoxy) is 1. The molecule has 9 nitrogen and oxygen atoms in total. The molecule has 2 aromatic rings. The van der Waals surface area contributed by atoms with E-state index in [9.17, 15) is 9.59 Å². The topological polar surface area (TPSA) is 125 Å². The number of aromatic nitrogens is 4. The number of thioether (sulfide) groups is 1. The smallest absolute Gasteiger partial charge is 0.225 e. The summed E-state index contributed by atoms with van der Waals surface area (Å²) >= 11 is 1.41. The summed E-state index contributed by atoms with van der Waals surface area (Å²) in [7, 11) is 1.75. The molecule has 0 aliphatic rings. The molecule has 24 heavy (non-hydrogen) atoms. The number of amides is 2. The fraction of sp³-hybridized carbons (Fsp3) is 0.357. The van der Waals surface area contributed by atoms with Gasteiger partial charge in [-0.25, -0.2) is 4.68 Å². The monoisotopic (exact) mass is 350 g/mol. The maximum atomic E-state index is 11.9. The van der Waals surface area contributed by atoms with Gasteiger partial charge in [0.05, 0.1) is 13.0 Å². The van der Waals surface area contributed by atoms with Crippen LogP contribution in [0.5, 0.6) is 5.75 Å². The van der Waals surface area contributed by atoms with Crippen molar-refractivity contribution in [3.63, 3.8) is 0 Å². The summed E-state index contributed by atoms with van der Waals surface area (Å²) in [4.78, 5) is 22.5. The standard InChI is InChI=1S/C14H18N6O3S/c1-20-14(17-18-19-20)24-9-7-13(22)16-10-2-4-11(5-3-10)23-8-6-12(15)21/h2-5H,6-9H2,1H3,(H2,15,21)(H,16,22). The van der Waals surface area contributed by atoms with Gasteiger partial charge < -0.3 is 15.8 Å². The Morgan fingerprint density at radius 3 is 2.67 bits per heavy atom. The van der Waals surface area contributed by atoms with E-state index in [-0.39, 0.29) is 18.9 Å². The molecule has 0 spiro atoms.